The van der Waals surface area contributed by atoms with E-state index in [1.165, 1.54) is 11.3 Å². The Bertz CT molecular complexity index is 352. The van der Waals surface area contributed by atoms with Crippen LogP contribution in [0, 0.1) is 0 Å². The molecule has 1 aliphatic rings. The van der Waals surface area contributed by atoms with E-state index in [2.05, 4.69) is 15.9 Å². The Balaban J connectivity index is 2.00. The molecule has 2 heterocycles. The number of hydrogen-bond donors (Lipinski definition) is 0. The molecule has 1 aliphatic heterocycles. The average Bonchev–Trinajstić information content (AvgIpc) is 2.78. The minimum absolute atomic E-state index is 0.108. The van der Waals surface area contributed by atoms with Crippen molar-refractivity contribution in [3.05, 3.63) is 19.8 Å². The molecule has 0 spiro atoms. The molecule has 0 N–H and O–H groups in total. The van der Waals surface area contributed by atoms with E-state index in [0.29, 0.717) is 16.3 Å². The molecule has 1 aromatic rings. The molecule has 1 fully saturated rings. The largest absolute Gasteiger partial charge is 0.378 e. The van der Waals surface area contributed by atoms with E-state index >= 15 is 0 Å². The molecule has 0 aliphatic carbocycles. The lowest BCUT2D eigenvalue weighted by Gasteiger charge is -2.06. The Morgan fingerprint density at radius 1 is 1.73 bits per heavy atom. The number of ketones is 1. The van der Waals surface area contributed by atoms with Gasteiger partial charge in [0.25, 0.3) is 0 Å². The lowest BCUT2D eigenvalue weighted by Crippen LogP contribution is -2.11. The summed E-state index contributed by atoms with van der Waals surface area (Å²) in [6, 6.07) is 1.72. The number of halogens is 2. The average molecular weight is 310 g/mol. The van der Waals surface area contributed by atoms with Crippen LogP contribution in [-0.2, 0) is 4.74 Å². The van der Waals surface area contributed by atoms with Crippen molar-refractivity contribution < 1.29 is 9.53 Å². The standard InChI is InChI=1S/C10H10BrClO2S/c11-10-7(12)5-9(15-10)8(13)4-6-2-1-3-14-6/h5-6H,1-4H2. The maximum absolute atomic E-state index is 11.8. The van der Waals surface area contributed by atoms with Crippen molar-refractivity contribution in [3.8, 4) is 0 Å². The maximum Gasteiger partial charge on any atom is 0.175 e. The summed E-state index contributed by atoms with van der Waals surface area (Å²) in [6.45, 7) is 0.785. The van der Waals surface area contributed by atoms with Gasteiger partial charge in [0.2, 0.25) is 0 Å². The van der Waals surface area contributed by atoms with Crippen molar-refractivity contribution >= 4 is 44.7 Å². The highest BCUT2D eigenvalue weighted by Crippen LogP contribution is 2.33. The van der Waals surface area contributed by atoms with E-state index in [9.17, 15) is 4.79 Å². The molecule has 0 saturated carbocycles. The summed E-state index contributed by atoms with van der Waals surface area (Å²) < 4.78 is 6.24. The molecule has 1 unspecified atom stereocenters. The number of carbonyl (C=O) groups excluding carboxylic acids is 1. The van der Waals surface area contributed by atoms with Crippen LogP contribution in [0.3, 0.4) is 0 Å². The van der Waals surface area contributed by atoms with Crippen LogP contribution in [0.15, 0.2) is 9.85 Å². The molecule has 1 saturated heterocycles. The maximum atomic E-state index is 11.8. The second kappa shape index (κ2) is 4.95. The summed E-state index contributed by atoms with van der Waals surface area (Å²) in [5, 5.41) is 0.607. The van der Waals surface area contributed by atoms with Crippen molar-refractivity contribution in [3.63, 3.8) is 0 Å². The molecule has 1 atom stereocenters. The molecule has 0 amide bonds. The Hall–Kier alpha value is 0.1000. The molecule has 82 valence electrons. The molecule has 2 nitrogen and oxygen atoms in total. The van der Waals surface area contributed by atoms with Crippen LogP contribution < -0.4 is 0 Å². The zero-order valence-corrected chi connectivity index (χ0v) is 11.1. The molecule has 2 rings (SSSR count). The van der Waals surface area contributed by atoms with E-state index in [-0.39, 0.29) is 11.9 Å². The summed E-state index contributed by atoms with van der Waals surface area (Å²) in [5.74, 6) is 0.125. The van der Waals surface area contributed by atoms with Gasteiger partial charge in [0, 0.05) is 13.0 Å². The number of rotatable bonds is 3. The molecule has 15 heavy (non-hydrogen) atoms. The van der Waals surface area contributed by atoms with Gasteiger partial charge in [0.05, 0.1) is 19.8 Å². The normalized spacial score (nSPS) is 20.8. The highest BCUT2D eigenvalue weighted by atomic mass is 79.9. The van der Waals surface area contributed by atoms with Crippen LogP contribution in [0.4, 0.5) is 0 Å². The first kappa shape index (κ1) is 11.6. The number of ether oxygens (including phenoxy) is 1. The first-order valence-electron chi connectivity index (χ1n) is 4.76. The van der Waals surface area contributed by atoms with Gasteiger partial charge in [-0.2, -0.15) is 0 Å². The fourth-order valence-corrected chi connectivity index (χ4v) is 3.25. The van der Waals surface area contributed by atoms with Crippen LogP contribution in [0.5, 0.6) is 0 Å². The lowest BCUT2D eigenvalue weighted by atomic mass is 10.1. The zero-order valence-electron chi connectivity index (χ0n) is 7.96. The number of carbonyl (C=O) groups is 1. The summed E-state index contributed by atoms with van der Waals surface area (Å²) in [6.07, 6.45) is 2.64. The van der Waals surface area contributed by atoms with Crippen molar-refractivity contribution in [2.75, 3.05) is 6.61 Å². The van der Waals surface area contributed by atoms with Crippen LogP contribution in [0.2, 0.25) is 5.02 Å². The van der Waals surface area contributed by atoms with Crippen LogP contribution >= 0.6 is 38.9 Å². The van der Waals surface area contributed by atoms with Gasteiger partial charge in [-0.15, -0.1) is 11.3 Å². The van der Waals surface area contributed by atoms with Gasteiger partial charge in [-0.25, -0.2) is 0 Å². The molecular formula is C10H10BrClO2S. The van der Waals surface area contributed by atoms with Crippen LogP contribution in [-0.4, -0.2) is 18.5 Å². The quantitative estimate of drug-likeness (QED) is 0.791. The minimum Gasteiger partial charge on any atom is -0.378 e. The third-order valence-electron chi connectivity index (χ3n) is 2.36. The predicted molar refractivity (Wildman–Crippen MR) is 65.0 cm³/mol. The van der Waals surface area contributed by atoms with E-state index in [0.717, 1.165) is 23.2 Å². The Morgan fingerprint density at radius 3 is 3.07 bits per heavy atom. The van der Waals surface area contributed by atoms with Gasteiger partial charge in [-0.05, 0) is 34.8 Å². The van der Waals surface area contributed by atoms with Gasteiger partial charge in [0.15, 0.2) is 5.78 Å². The zero-order chi connectivity index (χ0) is 10.8. The van der Waals surface area contributed by atoms with Crippen molar-refractivity contribution in [2.24, 2.45) is 0 Å². The highest BCUT2D eigenvalue weighted by molar-refractivity contribution is 9.11. The van der Waals surface area contributed by atoms with Crippen molar-refractivity contribution in [1.29, 1.82) is 0 Å². The van der Waals surface area contributed by atoms with E-state index < -0.39 is 0 Å². The van der Waals surface area contributed by atoms with E-state index in [4.69, 9.17) is 16.3 Å². The molecular weight excluding hydrogens is 300 g/mol. The summed E-state index contributed by atoms with van der Waals surface area (Å²) in [7, 11) is 0. The summed E-state index contributed by atoms with van der Waals surface area (Å²) in [4.78, 5) is 12.5. The molecule has 0 aromatic carbocycles. The number of hydrogen-bond acceptors (Lipinski definition) is 3. The first-order chi connectivity index (χ1) is 7.16. The fraction of sp³-hybridized carbons (Fsp3) is 0.500. The van der Waals surface area contributed by atoms with Gasteiger partial charge in [-0.1, -0.05) is 11.6 Å². The van der Waals surface area contributed by atoms with Gasteiger partial charge in [0.1, 0.15) is 0 Å². The third kappa shape index (κ3) is 2.81. The summed E-state index contributed by atoms with van der Waals surface area (Å²) in [5.41, 5.74) is 0. The first-order valence-corrected chi connectivity index (χ1v) is 6.75. The van der Waals surface area contributed by atoms with Gasteiger partial charge >= 0.3 is 0 Å². The van der Waals surface area contributed by atoms with Crippen LogP contribution in [0.1, 0.15) is 28.9 Å². The second-order valence-corrected chi connectivity index (χ2v) is 6.27. The smallest absolute Gasteiger partial charge is 0.175 e. The molecule has 1 aromatic heterocycles. The van der Waals surface area contributed by atoms with Crippen LogP contribution in [0.25, 0.3) is 0 Å². The lowest BCUT2D eigenvalue weighted by molar-refractivity contribution is 0.0779. The van der Waals surface area contributed by atoms with Gasteiger partial charge < -0.3 is 4.74 Å². The summed E-state index contributed by atoms with van der Waals surface area (Å²) >= 11 is 10.6. The fourth-order valence-electron chi connectivity index (χ4n) is 1.60. The molecule has 5 heteroatoms. The van der Waals surface area contributed by atoms with Gasteiger partial charge in [-0.3, -0.25) is 4.79 Å². The molecule has 0 bridgehead atoms. The Morgan fingerprint density at radius 2 is 2.53 bits per heavy atom. The number of thiophene rings is 1. The van der Waals surface area contributed by atoms with Crippen molar-refractivity contribution in [2.45, 2.75) is 25.4 Å². The third-order valence-corrected chi connectivity index (χ3v) is 4.87. The second-order valence-electron chi connectivity index (χ2n) is 3.49. The number of Topliss-reactive ketones (excluding diaryl/α,β-unsaturated/α-hetero) is 1. The minimum atomic E-state index is 0.108. The highest BCUT2D eigenvalue weighted by Gasteiger charge is 2.21. The topological polar surface area (TPSA) is 26.3 Å². The van der Waals surface area contributed by atoms with Crippen molar-refractivity contribution in [1.82, 2.24) is 0 Å². The van der Waals surface area contributed by atoms with E-state index in [1.807, 2.05) is 0 Å². The van der Waals surface area contributed by atoms with E-state index in [1.54, 1.807) is 6.07 Å². The Kier molecular flexibility index (Phi) is 3.83. The predicted octanol–water partition coefficient (Wildman–Crippen LogP) is 3.92. The Labute approximate surface area is 106 Å². The molecule has 0 radical (unpaired) electrons. The monoisotopic (exact) mass is 308 g/mol. The SMILES string of the molecule is O=C(CC1CCCO1)c1cc(Cl)c(Br)s1.